The SMILES string of the molecule is CC#CCOc1ccc(C=NO)cc1. The quantitative estimate of drug-likeness (QED) is 0.341. The number of nitrogens with zero attached hydrogens (tertiary/aromatic N) is 1. The Labute approximate surface area is 83.0 Å². The number of rotatable bonds is 3. The average Bonchev–Trinajstić information content (AvgIpc) is 2.21. The summed E-state index contributed by atoms with van der Waals surface area (Å²) in [7, 11) is 0. The first-order valence-corrected chi connectivity index (χ1v) is 4.16. The summed E-state index contributed by atoms with van der Waals surface area (Å²) < 4.78 is 5.30. The molecule has 0 aliphatic rings. The lowest BCUT2D eigenvalue weighted by molar-refractivity contribution is 0.322. The molecule has 0 amide bonds. The Hall–Kier alpha value is -1.95. The maximum absolute atomic E-state index is 8.28. The van der Waals surface area contributed by atoms with Crippen LogP contribution in [0.2, 0.25) is 0 Å². The molecule has 0 atom stereocenters. The molecule has 1 N–H and O–H groups in total. The van der Waals surface area contributed by atoms with Crippen LogP contribution in [-0.2, 0) is 0 Å². The normalized spacial score (nSPS) is 9.50. The first kappa shape index (κ1) is 10.1. The molecular formula is C11H11NO2. The van der Waals surface area contributed by atoms with Gasteiger partial charge in [0.25, 0.3) is 0 Å². The van der Waals surface area contributed by atoms with Gasteiger partial charge in [-0.15, -0.1) is 5.92 Å². The minimum atomic E-state index is 0.393. The molecule has 3 nitrogen and oxygen atoms in total. The van der Waals surface area contributed by atoms with Crippen molar-refractivity contribution in [1.29, 1.82) is 0 Å². The van der Waals surface area contributed by atoms with Crippen LogP contribution in [0.5, 0.6) is 5.75 Å². The summed E-state index contributed by atoms with van der Waals surface area (Å²) in [5, 5.41) is 11.2. The van der Waals surface area contributed by atoms with Gasteiger partial charge in [0.15, 0.2) is 0 Å². The van der Waals surface area contributed by atoms with E-state index < -0.39 is 0 Å². The molecule has 0 saturated carbocycles. The van der Waals surface area contributed by atoms with E-state index in [0.717, 1.165) is 11.3 Å². The van der Waals surface area contributed by atoms with E-state index in [2.05, 4.69) is 17.0 Å². The molecule has 0 radical (unpaired) electrons. The molecule has 1 rings (SSSR count). The van der Waals surface area contributed by atoms with Crippen molar-refractivity contribution in [2.75, 3.05) is 6.61 Å². The zero-order valence-corrected chi connectivity index (χ0v) is 7.90. The van der Waals surface area contributed by atoms with Crippen LogP contribution in [0.1, 0.15) is 12.5 Å². The van der Waals surface area contributed by atoms with E-state index in [4.69, 9.17) is 9.94 Å². The minimum Gasteiger partial charge on any atom is -0.481 e. The second-order valence-electron chi connectivity index (χ2n) is 2.53. The number of benzene rings is 1. The summed E-state index contributed by atoms with van der Waals surface area (Å²) >= 11 is 0. The molecule has 0 bridgehead atoms. The van der Waals surface area contributed by atoms with Crippen LogP contribution in [0.15, 0.2) is 29.4 Å². The Kier molecular flexibility index (Phi) is 4.09. The van der Waals surface area contributed by atoms with Gasteiger partial charge >= 0.3 is 0 Å². The van der Waals surface area contributed by atoms with Gasteiger partial charge < -0.3 is 9.94 Å². The maximum atomic E-state index is 8.28. The Morgan fingerprint density at radius 2 is 2.14 bits per heavy atom. The van der Waals surface area contributed by atoms with Crippen LogP contribution < -0.4 is 4.74 Å². The fourth-order valence-corrected chi connectivity index (χ4v) is 0.908. The molecular weight excluding hydrogens is 178 g/mol. The van der Waals surface area contributed by atoms with Gasteiger partial charge in [0, 0.05) is 0 Å². The van der Waals surface area contributed by atoms with Crippen LogP contribution in [0.25, 0.3) is 0 Å². The molecule has 1 aromatic carbocycles. The van der Waals surface area contributed by atoms with Crippen LogP contribution in [-0.4, -0.2) is 18.0 Å². The first-order chi connectivity index (χ1) is 6.86. The zero-order valence-electron chi connectivity index (χ0n) is 7.90. The van der Waals surface area contributed by atoms with Crippen molar-refractivity contribution in [3.05, 3.63) is 29.8 Å². The lowest BCUT2D eigenvalue weighted by atomic mass is 10.2. The van der Waals surface area contributed by atoms with E-state index in [1.54, 1.807) is 31.2 Å². The highest BCUT2D eigenvalue weighted by Gasteiger charge is 1.91. The second-order valence-corrected chi connectivity index (χ2v) is 2.53. The Bertz CT molecular complexity index is 357. The molecule has 0 aliphatic carbocycles. The fraction of sp³-hybridized carbons (Fsp3) is 0.182. The zero-order chi connectivity index (χ0) is 10.2. The van der Waals surface area contributed by atoms with Crippen LogP contribution in [0.3, 0.4) is 0 Å². The smallest absolute Gasteiger partial charge is 0.149 e. The van der Waals surface area contributed by atoms with Gasteiger partial charge in [-0.05, 0) is 36.8 Å². The van der Waals surface area contributed by atoms with Crippen molar-refractivity contribution >= 4 is 6.21 Å². The van der Waals surface area contributed by atoms with Crippen molar-refractivity contribution in [1.82, 2.24) is 0 Å². The molecule has 14 heavy (non-hydrogen) atoms. The van der Waals surface area contributed by atoms with Crippen molar-refractivity contribution in [2.24, 2.45) is 5.16 Å². The highest BCUT2D eigenvalue weighted by molar-refractivity contribution is 5.79. The molecule has 3 heteroatoms. The fourth-order valence-electron chi connectivity index (χ4n) is 0.908. The van der Waals surface area contributed by atoms with Crippen molar-refractivity contribution in [3.63, 3.8) is 0 Å². The van der Waals surface area contributed by atoms with Gasteiger partial charge in [0.05, 0.1) is 6.21 Å². The number of ether oxygens (including phenoxy) is 1. The lowest BCUT2D eigenvalue weighted by Crippen LogP contribution is -1.93. The summed E-state index contributed by atoms with van der Waals surface area (Å²) in [6.45, 7) is 2.16. The van der Waals surface area contributed by atoms with E-state index in [-0.39, 0.29) is 0 Å². The summed E-state index contributed by atoms with van der Waals surface area (Å²) in [6.07, 6.45) is 1.36. The maximum Gasteiger partial charge on any atom is 0.149 e. The summed E-state index contributed by atoms with van der Waals surface area (Å²) in [5.74, 6) is 6.29. The lowest BCUT2D eigenvalue weighted by Gasteiger charge is -2.01. The molecule has 0 unspecified atom stereocenters. The second kappa shape index (κ2) is 5.65. The monoisotopic (exact) mass is 189 g/mol. The third-order valence-electron chi connectivity index (χ3n) is 1.57. The number of hydrogen-bond donors (Lipinski definition) is 1. The van der Waals surface area contributed by atoms with E-state index in [1.165, 1.54) is 6.21 Å². The van der Waals surface area contributed by atoms with Crippen molar-refractivity contribution in [3.8, 4) is 17.6 Å². The molecule has 0 fully saturated rings. The van der Waals surface area contributed by atoms with Gasteiger partial charge in [-0.3, -0.25) is 0 Å². The molecule has 0 aliphatic heterocycles. The van der Waals surface area contributed by atoms with Crippen molar-refractivity contribution < 1.29 is 9.94 Å². The van der Waals surface area contributed by atoms with Crippen molar-refractivity contribution in [2.45, 2.75) is 6.92 Å². The predicted octanol–water partition coefficient (Wildman–Crippen LogP) is 1.90. The summed E-state index contributed by atoms with van der Waals surface area (Å²) in [4.78, 5) is 0. The van der Waals surface area contributed by atoms with Crippen LogP contribution >= 0.6 is 0 Å². The van der Waals surface area contributed by atoms with Gasteiger partial charge in [0.2, 0.25) is 0 Å². The molecule has 0 heterocycles. The van der Waals surface area contributed by atoms with Gasteiger partial charge in [-0.1, -0.05) is 11.1 Å². The largest absolute Gasteiger partial charge is 0.481 e. The molecule has 1 aromatic rings. The topological polar surface area (TPSA) is 41.8 Å². The van der Waals surface area contributed by atoms with E-state index in [9.17, 15) is 0 Å². The number of hydrogen-bond acceptors (Lipinski definition) is 3. The minimum absolute atomic E-state index is 0.393. The Balaban J connectivity index is 2.57. The molecule has 72 valence electrons. The summed E-state index contributed by atoms with van der Waals surface area (Å²) in [5.41, 5.74) is 0.821. The standard InChI is InChI=1S/C11H11NO2/c1-2-3-8-14-11-6-4-10(5-7-11)9-12-13/h4-7,9,13H,8H2,1H3. The molecule has 0 spiro atoms. The van der Waals surface area contributed by atoms with Gasteiger partial charge in [-0.2, -0.15) is 0 Å². The average molecular weight is 189 g/mol. The Morgan fingerprint density at radius 3 is 2.71 bits per heavy atom. The van der Waals surface area contributed by atoms with Crippen LogP contribution in [0.4, 0.5) is 0 Å². The third kappa shape index (κ3) is 3.20. The third-order valence-corrected chi connectivity index (χ3v) is 1.57. The van der Waals surface area contributed by atoms with Gasteiger partial charge in [-0.25, -0.2) is 0 Å². The van der Waals surface area contributed by atoms with Crippen LogP contribution in [0, 0.1) is 11.8 Å². The molecule has 0 aromatic heterocycles. The van der Waals surface area contributed by atoms with E-state index in [0.29, 0.717) is 6.61 Å². The van der Waals surface area contributed by atoms with Gasteiger partial charge in [0.1, 0.15) is 12.4 Å². The summed E-state index contributed by atoms with van der Waals surface area (Å²) in [6, 6.07) is 7.20. The van der Waals surface area contributed by atoms with E-state index >= 15 is 0 Å². The van der Waals surface area contributed by atoms with E-state index in [1.807, 2.05) is 0 Å². The highest BCUT2D eigenvalue weighted by Crippen LogP contribution is 2.10. The molecule has 0 saturated heterocycles. The Morgan fingerprint density at radius 1 is 1.43 bits per heavy atom. The first-order valence-electron chi connectivity index (χ1n) is 4.16. The highest BCUT2D eigenvalue weighted by atomic mass is 16.5. The number of oxime groups is 1. The predicted molar refractivity (Wildman–Crippen MR) is 54.8 cm³/mol.